The number of rotatable bonds is 5. The Bertz CT molecular complexity index is 1020. The quantitative estimate of drug-likeness (QED) is 0.555. The molecule has 2 amide bonds. The van der Waals surface area contributed by atoms with Gasteiger partial charge in [0, 0.05) is 11.1 Å². The van der Waals surface area contributed by atoms with E-state index in [1.54, 1.807) is 0 Å². The van der Waals surface area contributed by atoms with Gasteiger partial charge >= 0.3 is 0 Å². The number of carbonyl (C=O) groups is 2. The van der Waals surface area contributed by atoms with Crippen molar-refractivity contribution in [2.75, 3.05) is 10.6 Å². The molecule has 0 spiro atoms. The van der Waals surface area contributed by atoms with Gasteiger partial charge in [0.05, 0.1) is 9.88 Å². The number of amides is 2. The minimum atomic E-state index is -0.489. The first kappa shape index (κ1) is 20.8. The summed E-state index contributed by atoms with van der Waals surface area (Å²) >= 11 is 1.30. The van der Waals surface area contributed by atoms with E-state index in [-0.39, 0.29) is 11.8 Å². The molecule has 5 heteroatoms. The van der Waals surface area contributed by atoms with Gasteiger partial charge in [0.15, 0.2) is 0 Å². The highest BCUT2D eigenvalue weighted by Gasteiger charge is 2.23. The highest BCUT2D eigenvalue weighted by Crippen LogP contribution is 2.30. The summed E-state index contributed by atoms with van der Waals surface area (Å²) in [5.74, 6) is -0.233. The standard InChI is InChI=1S/C24H26N2O2S/c1-16-14-20(26-23(28)24(2,3)4)29-21(16)22(27)25-19-13-9-8-12-18(19)15-17-10-6-5-7-11-17/h5-14H,15H2,1-4H3,(H,25,27)(H,26,28). The van der Waals surface area contributed by atoms with Gasteiger partial charge in [-0.05, 0) is 42.2 Å². The molecule has 0 aliphatic carbocycles. The van der Waals surface area contributed by atoms with Crippen molar-refractivity contribution in [3.8, 4) is 0 Å². The summed E-state index contributed by atoms with van der Waals surface area (Å²) < 4.78 is 0. The summed E-state index contributed by atoms with van der Waals surface area (Å²) in [5, 5.41) is 6.63. The van der Waals surface area contributed by atoms with Crippen LogP contribution in [0.1, 0.15) is 47.1 Å². The van der Waals surface area contributed by atoms with Crippen LogP contribution in [0.4, 0.5) is 10.7 Å². The molecular weight excluding hydrogens is 380 g/mol. The number of para-hydroxylation sites is 1. The highest BCUT2D eigenvalue weighted by molar-refractivity contribution is 7.18. The second-order valence-corrected chi connectivity index (χ2v) is 9.15. The second-order valence-electron chi connectivity index (χ2n) is 8.10. The third-order valence-electron chi connectivity index (χ3n) is 4.54. The Hall–Kier alpha value is -2.92. The van der Waals surface area contributed by atoms with Crippen LogP contribution in [-0.4, -0.2) is 11.8 Å². The predicted molar refractivity (Wildman–Crippen MR) is 121 cm³/mol. The number of hydrogen-bond donors (Lipinski definition) is 2. The molecule has 2 aromatic carbocycles. The average molecular weight is 407 g/mol. The number of nitrogens with one attached hydrogen (secondary N) is 2. The van der Waals surface area contributed by atoms with Crippen LogP contribution >= 0.6 is 11.3 Å². The SMILES string of the molecule is Cc1cc(NC(=O)C(C)(C)C)sc1C(=O)Nc1ccccc1Cc1ccccc1. The Labute approximate surface area is 176 Å². The maximum atomic E-state index is 12.9. The number of anilines is 2. The summed E-state index contributed by atoms with van der Waals surface area (Å²) in [6.45, 7) is 7.47. The Balaban J connectivity index is 1.77. The van der Waals surface area contributed by atoms with Crippen LogP contribution in [0, 0.1) is 12.3 Å². The first-order valence-corrected chi connectivity index (χ1v) is 10.4. The molecule has 3 aromatic rings. The van der Waals surface area contributed by atoms with E-state index in [9.17, 15) is 9.59 Å². The van der Waals surface area contributed by atoms with Crippen molar-refractivity contribution in [3.05, 3.63) is 82.2 Å². The molecule has 0 fully saturated rings. The zero-order chi connectivity index (χ0) is 21.0. The number of thiophene rings is 1. The van der Waals surface area contributed by atoms with Crippen molar-refractivity contribution in [2.45, 2.75) is 34.1 Å². The molecule has 2 N–H and O–H groups in total. The van der Waals surface area contributed by atoms with Gasteiger partial charge in [0.25, 0.3) is 5.91 Å². The second kappa shape index (κ2) is 8.62. The molecule has 150 valence electrons. The molecule has 0 unspecified atom stereocenters. The van der Waals surface area contributed by atoms with Gasteiger partial charge in [0.2, 0.25) is 5.91 Å². The van der Waals surface area contributed by atoms with E-state index in [2.05, 4.69) is 22.8 Å². The van der Waals surface area contributed by atoms with E-state index >= 15 is 0 Å². The number of carbonyl (C=O) groups excluding carboxylic acids is 2. The Morgan fingerprint density at radius 1 is 0.931 bits per heavy atom. The summed E-state index contributed by atoms with van der Waals surface area (Å²) in [7, 11) is 0. The van der Waals surface area contributed by atoms with Crippen LogP contribution < -0.4 is 10.6 Å². The Morgan fingerprint density at radius 3 is 2.28 bits per heavy atom. The topological polar surface area (TPSA) is 58.2 Å². The molecule has 0 bridgehead atoms. The predicted octanol–water partition coefficient (Wildman–Crippen LogP) is 5.88. The summed E-state index contributed by atoms with van der Waals surface area (Å²) in [6, 6.07) is 19.9. The maximum Gasteiger partial charge on any atom is 0.266 e. The summed E-state index contributed by atoms with van der Waals surface area (Å²) in [6.07, 6.45) is 0.744. The highest BCUT2D eigenvalue weighted by atomic mass is 32.1. The third-order valence-corrected chi connectivity index (χ3v) is 5.70. The molecule has 1 aromatic heterocycles. The molecular formula is C24H26N2O2S. The molecule has 0 atom stereocenters. The normalized spacial score (nSPS) is 11.2. The molecule has 0 radical (unpaired) electrons. The lowest BCUT2D eigenvalue weighted by Crippen LogP contribution is -2.27. The number of aryl methyl sites for hydroxylation is 1. The molecule has 1 heterocycles. The van der Waals surface area contributed by atoms with E-state index < -0.39 is 5.41 Å². The van der Waals surface area contributed by atoms with Crippen molar-refractivity contribution in [3.63, 3.8) is 0 Å². The first-order valence-electron chi connectivity index (χ1n) is 9.59. The lowest BCUT2D eigenvalue weighted by Gasteiger charge is -2.16. The van der Waals surface area contributed by atoms with Gasteiger partial charge in [-0.3, -0.25) is 9.59 Å². The molecule has 0 saturated carbocycles. The van der Waals surface area contributed by atoms with Gasteiger partial charge in [-0.1, -0.05) is 69.3 Å². The van der Waals surface area contributed by atoms with E-state index in [1.165, 1.54) is 16.9 Å². The van der Waals surface area contributed by atoms with Crippen LogP contribution in [-0.2, 0) is 11.2 Å². The Morgan fingerprint density at radius 2 is 1.59 bits per heavy atom. The van der Waals surface area contributed by atoms with Crippen LogP contribution in [0.5, 0.6) is 0 Å². The zero-order valence-corrected chi connectivity index (χ0v) is 18.0. The van der Waals surface area contributed by atoms with E-state index in [1.807, 2.05) is 76.2 Å². The largest absolute Gasteiger partial charge is 0.321 e. The monoisotopic (exact) mass is 406 g/mol. The minimum Gasteiger partial charge on any atom is -0.321 e. The minimum absolute atomic E-state index is 0.0704. The zero-order valence-electron chi connectivity index (χ0n) is 17.2. The lowest BCUT2D eigenvalue weighted by molar-refractivity contribution is -0.123. The number of hydrogen-bond acceptors (Lipinski definition) is 3. The van der Waals surface area contributed by atoms with E-state index in [0.29, 0.717) is 9.88 Å². The van der Waals surface area contributed by atoms with Crippen LogP contribution in [0.2, 0.25) is 0 Å². The van der Waals surface area contributed by atoms with Crippen molar-refractivity contribution in [2.24, 2.45) is 5.41 Å². The molecule has 0 saturated heterocycles. The summed E-state index contributed by atoms with van der Waals surface area (Å²) in [4.78, 5) is 25.8. The van der Waals surface area contributed by atoms with Gasteiger partial charge in [-0.25, -0.2) is 0 Å². The molecule has 0 aliphatic rings. The fraction of sp³-hybridized carbons (Fsp3) is 0.250. The number of benzene rings is 2. The lowest BCUT2D eigenvalue weighted by atomic mass is 9.96. The van der Waals surface area contributed by atoms with Crippen molar-refractivity contribution < 1.29 is 9.59 Å². The van der Waals surface area contributed by atoms with Crippen LogP contribution in [0.3, 0.4) is 0 Å². The molecule has 3 rings (SSSR count). The fourth-order valence-electron chi connectivity index (χ4n) is 2.86. The van der Waals surface area contributed by atoms with Crippen LogP contribution in [0.25, 0.3) is 0 Å². The average Bonchev–Trinajstić information content (AvgIpc) is 3.03. The van der Waals surface area contributed by atoms with E-state index in [4.69, 9.17) is 0 Å². The molecule has 29 heavy (non-hydrogen) atoms. The van der Waals surface area contributed by atoms with Crippen molar-refractivity contribution in [1.82, 2.24) is 0 Å². The van der Waals surface area contributed by atoms with Gasteiger partial charge in [-0.2, -0.15) is 0 Å². The first-order chi connectivity index (χ1) is 13.7. The van der Waals surface area contributed by atoms with Gasteiger partial charge < -0.3 is 10.6 Å². The fourth-order valence-corrected chi connectivity index (χ4v) is 3.82. The summed E-state index contributed by atoms with van der Waals surface area (Å²) in [5.41, 5.74) is 3.40. The Kier molecular flexibility index (Phi) is 6.18. The van der Waals surface area contributed by atoms with E-state index in [0.717, 1.165) is 23.2 Å². The maximum absolute atomic E-state index is 12.9. The van der Waals surface area contributed by atoms with Gasteiger partial charge in [0.1, 0.15) is 0 Å². The smallest absolute Gasteiger partial charge is 0.266 e. The van der Waals surface area contributed by atoms with Crippen molar-refractivity contribution >= 4 is 33.8 Å². The molecule has 4 nitrogen and oxygen atoms in total. The van der Waals surface area contributed by atoms with Crippen molar-refractivity contribution in [1.29, 1.82) is 0 Å². The molecule has 0 aliphatic heterocycles. The third kappa shape index (κ3) is 5.33. The van der Waals surface area contributed by atoms with Crippen LogP contribution in [0.15, 0.2) is 60.7 Å². The van der Waals surface area contributed by atoms with Gasteiger partial charge in [-0.15, -0.1) is 11.3 Å².